The van der Waals surface area contributed by atoms with Crippen molar-refractivity contribution in [2.75, 3.05) is 39.6 Å². The largest absolute Gasteiger partial charge is 0.466 e. The monoisotopic (exact) mass is 320 g/mol. The second-order valence-corrected chi connectivity index (χ2v) is 11.2. The summed E-state index contributed by atoms with van der Waals surface area (Å²) < 4.78 is 21.5. The summed E-state index contributed by atoms with van der Waals surface area (Å²) in [6, 6.07) is 0. The van der Waals surface area contributed by atoms with Crippen molar-refractivity contribution in [2.24, 2.45) is 0 Å². The molecule has 0 aliphatic rings. The van der Waals surface area contributed by atoms with Crippen molar-refractivity contribution in [1.82, 2.24) is 0 Å². The third-order valence-electron chi connectivity index (χ3n) is 3.62. The number of carbonyl (C=O) groups is 1. The van der Waals surface area contributed by atoms with Gasteiger partial charge in [-0.15, -0.1) is 0 Å². The lowest BCUT2D eigenvalue weighted by Gasteiger charge is -2.36. The molecule has 0 N–H and O–H groups in total. The van der Waals surface area contributed by atoms with Crippen LogP contribution in [-0.4, -0.2) is 53.9 Å². The highest BCUT2D eigenvalue weighted by atomic mass is 28.4. The van der Waals surface area contributed by atoms with Crippen LogP contribution in [0, 0.1) is 0 Å². The molecule has 0 aromatic carbocycles. The van der Waals surface area contributed by atoms with Crippen molar-refractivity contribution < 1.29 is 23.4 Å². The molecule has 5 nitrogen and oxygen atoms in total. The molecule has 0 unspecified atom stereocenters. The van der Waals surface area contributed by atoms with E-state index in [4.69, 9.17) is 18.6 Å². The van der Waals surface area contributed by atoms with Crippen LogP contribution in [0.3, 0.4) is 0 Å². The Morgan fingerprint density at radius 3 is 2.00 bits per heavy atom. The average molecular weight is 321 g/mol. The molecule has 0 spiro atoms. The predicted molar refractivity (Wildman–Crippen MR) is 86.0 cm³/mol. The van der Waals surface area contributed by atoms with Crippen LogP contribution in [0.2, 0.25) is 18.1 Å². The molecular formula is C15H32O5Si. The van der Waals surface area contributed by atoms with Crippen molar-refractivity contribution in [3.8, 4) is 0 Å². The fraction of sp³-hybridized carbons (Fsp3) is 0.933. The molecule has 21 heavy (non-hydrogen) atoms. The van der Waals surface area contributed by atoms with Gasteiger partial charge in [-0.2, -0.15) is 0 Å². The first-order chi connectivity index (χ1) is 9.70. The Morgan fingerprint density at radius 2 is 1.48 bits per heavy atom. The molecule has 0 amide bonds. The van der Waals surface area contributed by atoms with E-state index in [0.29, 0.717) is 46.1 Å². The average Bonchev–Trinajstić information content (AvgIpc) is 2.35. The van der Waals surface area contributed by atoms with Crippen molar-refractivity contribution in [2.45, 2.75) is 52.2 Å². The molecule has 0 aromatic heterocycles. The number of hydrogen-bond acceptors (Lipinski definition) is 5. The van der Waals surface area contributed by atoms with Gasteiger partial charge in [-0.3, -0.25) is 4.79 Å². The van der Waals surface area contributed by atoms with E-state index >= 15 is 0 Å². The highest BCUT2D eigenvalue weighted by molar-refractivity contribution is 6.74. The molecule has 0 fully saturated rings. The highest BCUT2D eigenvalue weighted by Crippen LogP contribution is 2.36. The Labute approximate surface area is 130 Å². The molecule has 0 rings (SSSR count). The maximum absolute atomic E-state index is 11.0. The second kappa shape index (κ2) is 10.3. The maximum Gasteiger partial charge on any atom is 0.308 e. The van der Waals surface area contributed by atoms with E-state index in [2.05, 4.69) is 33.9 Å². The molecule has 0 aliphatic carbocycles. The van der Waals surface area contributed by atoms with Crippen LogP contribution in [0.25, 0.3) is 0 Å². The number of rotatable bonds is 11. The van der Waals surface area contributed by atoms with E-state index in [1.807, 2.05) is 0 Å². The van der Waals surface area contributed by atoms with Gasteiger partial charge in [0.05, 0.1) is 46.1 Å². The smallest absolute Gasteiger partial charge is 0.308 e. The Balaban J connectivity index is 3.44. The van der Waals surface area contributed by atoms with Gasteiger partial charge in [0.25, 0.3) is 0 Å². The molecule has 0 aliphatic heterocycles. The minimum absolute atomic E-state index is 0.221. The summed E-state index contributed by atoms with van der Waals surface area (Å²) in [6.07, 6.45) is 0.294. The fourth-order valence-corrected chi connectivity index (χ4v) is 2.31. The Hall–Kier alpha value is -0.433. The summed E-state index contributed by atoms with van der Waals surface area (Å²) >= 11 is 0. The number of esters is 1. The number of ether oxygens (including phenoxy) is 3. The summed E-state index contributed by atoms with van der Waals surface area (Å²) in [5.41, 5.74) is 0. The summed E-state index contributed by atoms with van der Waals surface area (Å²) in [6.45, 7) is 15.9. The van der Waals surface area contributed by atoms with Gasteiger partial charge in [-0.25, -0.2) is 0 Å². The van der Waals surface area contributed by atoms with Gasteiger partial charge in [0.2, 0.25) is 0 Å². The predicted octanol–water partition coefficient (Wildman–Crippen LogP) is 2.99. The molecular weight excluding hydrogens is 288 g/mol. The van der Waals surface area contributed by atoms with E-state index in [-0.39, 0.29) is 11.0 Å². The Morgan fingerprint density at radius 1 is 0.952 bits per heavy atom. The quantitative estimate of drug-likeness (QED) is 0.333. The lowest BCUT2D eigenvalue weighted by Crippen LogP contribution is -2.41. The van der Waals surface area contributed by atoms with E-state index in [0.717, 1.165) is 0 Å². The SMILES string of the molecule is CCOC(=O)CCOCCOCCO[Si](C)(C)C(C)(C)C. The summed E-state index contributed by atoms with van der Waals surface area (Å²) in [5.74, 6) is -0.221. The molecule has 0 radical (unpaired) electrons. The topological polar surface area (TPSA) is 54.0 Å². The van der Waals surface area contributed by atoms with Crippen LogP contribution in [-0.2, 0) is 23.4 Å². The van der Waals surface area contributed by atoms with E-state index in [1.165, 1.54) is 0 Å². The molecule has 0 saturated carbocycles. The van der Waals surface area contributed by atoms with Crippen molar-refractivity contribution in [3.05, 3.63) is 0 Å². The van der Waals surface area contributed by atoms with Crippen LogP contribution >= 0.6 is 0 Å². The lowest BCUT2D eigenvalue weighted by molar-refractivity contribution is -0.144. The van der Waals surface area contributed by atoms with Crippen LogP contribution < -0.4 is 0 Å². The Bertz CT molecular complexity index is 286. The maximum atomic E-state index is 11.0. The molecule has 0 bridgehead atoms. The molecule has 0 heterocycles. The Kier molecular flexibility index (Phi) is 10.1. The lowest BCUT2D eigenvalue weighted by atomic mass is 10.2. The van der Waals surface area contributed by atoms with Gasteiger partial charge < -0.3 is 18.6 Å². The summed E-state index contributed by atoms with van der Waals surface area (Å²) in [4.78, 5) is 11.0. The number of hydrogen-bond donors (Lipinski definition) is 0. The fourth-order valence-electron chi connectivity index (χ4n) is 1.28. The molecule has 126 valence electrons. The third kappa shape index (κ3) is 10.0. The molecule has 0 saturated heterocycles. The highest BCUT2D eigenvalue weighted by Gasteiger charge is 2.36. The normalized spacial score (nSPS) is 12.5. The van der Waals surface area contributed by atoms with Gasteiger partial charge >= 0.3 is 5.97 Å². The van der Waals surface area contributed by atoms with E-state index in [1.54, 1.807) is 6.92 Å². The first kappa shape index (κ1) is 20.6. The van der Waals surface area contributed by atoms with Gasteiger partial charge in [0.1, 0.15) is 0 Å². The van der Waals surface area contributed by atoms with Crippen molar-refractivity contribution in [3.63, 3.8) is 0 Å². The van der Waals surface area contributed by atoms with Crippen LogP contribution in [0.4, 0.5) is 0 Å². The molecule has 0 atom stereocenters. The summed E-state index contributed by atoms with van der Waals surface area (Å²) in [7, 11) is -1.67. The van der Waals surface area contributed by atoms with Gasteiger partial charge in [-0.1, -0.05) is 20.8 Å². The third-order valence-corrected chi connectivity index (χ3v) is 8.16. The van der Waals surface area contributed by atoms with Gasteiger partial charge in [0, 0.05) is 0 Å². The van der Waals surface area contributed by atoms with Crippen LogP contribution in [0.15, 0.2) is 0 Å². The van der Waals surface area contributed by atoms with E-state index < -0.39 is 8.32 Å². The second-order valence-electron chi connectivity index (χ2n) is 6.39. The standard InChI is InChI=1S/C15H32O5Si/c1-7-19-14(16)8-9-17-10-11-18-12-13-20-21(5,6)15(2,3)4/h7-13H2,1-6H3. The van der Waals surface area contributed by atoms with Crippen molar-refractivity contribution in [1.29, 1.82) is 0 Å². The zero-order valence-electron chi connectivity index (χ0n) is 14.5. The van der Waals surface area contributed by atoms with Gasteiger partial charge in [-0.05, 0) is 25.1 Å². The number of carbonyl (C=O) groups excluding carboxylic acids is 1. The van der Waals surface area contributed by atoms with Gasteiger partial charge in [0.15, 0.2) is 8.32 Å². The van der Waals surface area contributed by atoms with Crippen LogP contribution in [0.1, 0.15) is 34.1 Å². The first-order valence-electron chi connectivity index (χ1n) is 7.66. The zero-order chi connectivity index (χ0) is 16.4. The van der Waals surface area contributed by atoms with E-state index in [9.17, 15) is 4.79 Å². The molecule has 6 heteroatoms. The van der Waals surface area contributed by atoms with Crippen molar-refractivity contribution >= 4 is 14.3 Å². The summed E-state index contributed by atoms with van der Waals surface area (Å²) in [5, 5.41) is 0.225. The molecule has 0 aromatic rings. The minimum atomic E-state index is -1.67. The zero-order valence-corrected chi connectivity index (χ0v) is 15.5. The minimum Gasteiger partial charge on any atom is -0.466 e. The van der Waals surface area contributed by atoms with Crippen LogP contribution in [0.5, 0.6) is 0 Å². The first-order valence-corrected chi connectivity index (χ1v) is 10.6.